The van der Waals surface area contributed by atoms with Crippen LogP contribution in [-0.2, 0) is 9.53 Å². The van der Waals surface area contributed by atoms with Gasteiger partial charge in [0.05, 0.1) is 0 Å². The van der Waals surface area contributed by atoms with Gasteiger partial charge in [0.1, 0.15) is 10.8 Å². The van der Waals surface area contributed by atoms with E-state index in [1.165, 1.54) is 41.9 Å². The maximum absolute atomic E-state index is 13.0. The van der Waals surface area contributed by atoms with Gasteiger partial charge in [-0.15, -0.1) is 11.3 Å². The Kier molecular flexibility index (Phi) is 6.70. The molecule has 1 N–H and O–H groups in total. The van der Waals surface area contributed by atoms with Crippen molar-refractivity contribution < 1.29 is 18.7 Å². The first-order valence-electron chi connectivity index (χ1n) is 8.95. The summed E-state index contributed by atoms with van der Waals surface area (Å²) in [5.74, 6) is -1.31. The Morgan fingerprint density at radius 3 is 2.78 bits per heavy atom. The minimum absolute atomic E-state index is 0.138. The number of nitrogens with zero attached hydrogens (tertiary/aromatic N) is 1. The van der Waals surface area contributed by atoms with Crippen LogP contribution in [0.4, 0.5) is 4.39 Å². The first-order valence-corrected chi connectivity index (χ1v) is 9.83. The first kappa shape index (κ1) is 19.2. The van der Waals surface area contributed by atoms with Crippen LogP contribution in [0.1, 0.15) is 42.6 Å². The molecule has 0 aliphatic heterocycles. The molecule has 1 aromatic carbocycles. The molecule has 7 heteroatoms. The lowest BCUT2D eigenvalue weighted by atomic mass is 9.97. The molecule has 1 aliphatic carbocycles. The van der Waals surface area contributed by atoms with Gasteiger partial charge < -0.3 is 10.1 Å². The smallest absolute Gasteiger partial charge is 0.358 e. The van der Waals surface area contributed by atoms with E-state index < -0.39 is 5.97 Å². The lowest BCUT2D eigenvalue weighted by Crippen LogP contribution is -2.30. The fourth-order valence-corrected chi connectivity index (χ4v) is 3.64. The van der Waals surface area contributed by atoms with E-state index >= 15 is 0 Å². The van der Waals surface area contributed by atoms with Crippen molar-refractivity contribution >= 4 is 23.2 Å². The maximum Gasteiger partial charge on any atom is 0.358 e. The van der Waals surface area contributed by atoms with Crippen molar-refractivity contribution in [1.29, 1.82) is 0 Å². The summed E-state index contributed by atoms with van der Waals surface area (Å²) in [7, 11) is 0. The number of nitrogens with one attached hydrogen (secondary N) is 1. The van der Waals surface area contributed by atoms with Crippen LogP contribution in [0.3, 0.4) is 0 Å². The number of benzene rings is 1. The average Bonchev–Trinajstić information content (AvgIpc) is 3.18. The highest BCUT2D eigenvalue weighted by atomic mass is 32.1. The van der Waals surface area contributed by atoms with Crippen LogP contribution in [0.5, 0.6) is 0 Å². The predicted octanol–water partition coefficient (Wildman–Crippen LogP) is 4.11. The molecule has 3 rings (SSSR count). The summed E-state index contributed by atoms with van der Waals surface area (Å²) in [6.07, 6.45) is 7.76. The van der Waals surface area contributed by atoms with E-state index in [4.69, 9.17) is 4.74 Å². The summed E-state index contributed by atoms with van der Waals surface area (Å²) in [4.78, 5) is 28.1. The molecule has 0 saturated heterocycles. The molecule has 0 bridgehead atoms. The molecular formula is C20H21FN2O3S. The molecule has 142 valence electrons. The highest BCUT2D eigenvalue weighted by Gasteiger charge is 2.15. The van der Waals surface area contributed by atoms with Gasteiger partial charge in [-0.2, -0.15) is 0 Å². The number of hydrogen-bond acceptors (Lipinski definition) is 5. The van der Waals surface area contributed by atoms with Gasteiger partial charge in [-0.05, 0) is 56.4 Å². The third kappa shape index (κ3) is 5.72. The summed E-state index contributed by atoms with van der Waals surface area (Å²) >= 11 is 1.26. The molecule has 0 saturated carbocycles. The summed E-state index contributed by atoms with van der Waals surface area (Å²) in [5, 5.41) is 4.92. The average molecular weight is 388 g/mol. The van der Waals surface area contributed by atoms with Crippen molar-refractivity contribution in [2.75, 3.05) is 13.2 Å². The summed E-state index contributed by atoms with van der Waals surface area (Å²) < 4.78 is 18.0. The van der Waals surface area contributed by atoms with Gasteiger partial charge in [0.15, 0.2) is 12.3 Å². The Morgan fingerprint density at radius 2 is 2.04 bits per heavy atom. The van der Waals surface area contributed by atoms with Crippen LogP contribution in [-0.4, -0.2) is 30.0 Å². The molecule has 1 aliphatic rings. The molecule has 0 unspecified atom stereocenters. The number of ether oxygens (including phenoxy) is 1. The molecule has 0 atom stereocenters. The van der Waals surface area contributed by atoms with Gasteiger partial charge in [0.25, 0.3) is 5.91 Å². The van der Waals surface area contributed by atoms with E-state index in [1.54, 1.807) is 17.5 Å². The molecule has 5 nitrogen and oxygen atoms in total. The number of carbonyl (C=O) groups excluding carboxylic acids is 2. The molecule has 1 heterocycles. The number of allylic oxidation sites excluding steroid dienone is 1. The van der Waals surface area contributed by atoms with Gasteiger partial charge in [-0.1, -0.05) is 11.6 Å². The second-order valence-electron chi connectivity index (χ2n) is 6.33. The maximum atomic E-state index is 13.0. The third-order valence-electron chi connectivity index (χ3n) is 4.29. The van der Waals surface area contributed by atoms with E-state index in [9.17, 15) is 14.0 Å². The topological polar surface area (TPSA) is 68.3 Å². The Bertz CT molecular complexity index is 830. The highest BCUT2D eigenvalue weighted by molar-refractivity contribution is 7.13. The van der Waals surface area contributed by atoms with Crippen molar-refractivity contribution in [3.63, 3.8) is 0 Å². The molecule has 1 aromatic heterocycles. The molecule has 0 fully saturated rings. The fraction of sp³-hybridized carbons (Fsp3) is 0.350. The molecular weight excluding hydrogens is 367 g/mol. The number of rotatable bonds is 7. The van der Waals surface area contributed by atoms with E-state index in [1.807, 2.05) is 0 Å². The van der Waals surface area contributed by atoms with Crippen molar-refractivity contribution in [3.8, 4) is 10.6 Å². The number of thiazole rings is 1. The molecule has 0 spiro atoms. The number of aromatic nitrogens is 1. The van der Waals surface area contributed by atoms with E-state index in [0.717, 1.165) is 24.8 Å². The van der Waals surface area contributed by atoms with E-state index in [2.05, 4.69) is 16.4 Å². The molecule has 2 aromatic rings. The minimum atomic E-state index is -0.648. The molecule has 0 radical (unpaired) electrons. The minimum Gasteiger partial charge on any atom is -0.451 e. The Morgan fingerprint density at radius 1 is 1.22 bits per heavy atom. The molecule has 27 heavy (non-hydrogen) atoms. The number of halogens is 1. The van der Waals surface area contributed by atoms with Crippen molar-refractivity contribution in [1.82, 2.24) is 10.3 Å². The van der Waals surface area contributed by atoms with Crippen LogP contribution in [0.15, 0.2) is 41.3 Å². The standard InChI is InChI=1S/C20H21FN2O3S/c21-16-8-6-15(7-9-16)19-23-17(13-27-19)20(25)26-12-18(24)22-11-10-14-4-2-1-3-5-14/h4,6-9,13H,1-3,5,10-12H2,(H,22,24). The number of carbonyl (C=O) groups is 2. The van der Waals surface area contributed by atoms with Gasteiger partial charge in [0, 0.05) is 17.5 Å². The third-order valence-corrected chi connectivity index (χ3v) is 5.18. The zero-order chi connectivity index (χ0) is 19.1. The fourth-order valence-electron chi connectivity index (χ4n) is 2.84. The molecule has 1 amide bonds. The van der Waals surface area contributed by atoms with Gasteiger partial charge in [-0.25, -0.2) is 14.2 Å². The van der Waals surface area contributed by atoms with Crippen LogP contribution in [0, 0.1) is 5.82 Å². The van der Waals surface area contributed by atoms with Crippen molar-refractivity contribution in [3.05, 3.63) is 52.8 Å². The number of hydrogen-bond donors (Lipinski definition) is 1. The van der Waals surface area contributed by atoms with Crippen molar-refractivity contribution in [2.45, 2.75) is 32.1 Å². The zero-order valence-electron chi connectivity index (χ0n) is 14.9. The SMILES string of the molecule is O=C(COC(=O)c1csc(-c2ccc(F)cc2)n1)NCCC1=CCCCC1. The monoisotopic (exact) mass is 388 g/mol. The van der Waals surface area contributed by atoms with E-state index in [0.29, 0.717) is 11.6 Å². The number of esters is 1. The largest absolute Gasteiger partial charge is 0.451 e. The normalized spacial score (nSPS) is 13.7. The zero-order valence-corrected chi connectivity index (χ0v) is 15.7. The Hall–Kier alpha value is -2.54. The quantitative estimate of drug-likeness (QED) is 0.572. The lowest BCUT2D eigenvalue weighted by molar-refractivity contribution is -0.124. The lowest BCUT2D eigenvalue weighted by Gasteiger charge is -2.12. The highest BCUT2D eigenvalue weighted by Crippen LogP contribution is 2.24. The summed E-state index contributed by atoms with van der Waals surface area (Å²) in [6.45, 7) is 0.217. The number of amides is 1. The Labute approximate surface area is 161 Å². The summed E-state index contributed by atoms with van der Waals surface area (Å²) in [5.41, 5.74) is 2.24. The first-order chi connectivity index (χ1) is 13.1. The Balaban J connectivity index is 1.43. The van der Waals surface area contributed by atoms with E-state index in [-0.39, 0.29) is 24.0 Å². The second-order valence-corrected chi connectivity index (χ2v) is 7.19. The van der Waals surface area contributed by atoms with Crippen LogP contribution >= 0.6 is 11.3 Å². The van der Waals surface area contributed by atoms with Crippen LogP contribution in [0.2, 0.25) is 0 Å². The van der Waals surface area contributed by atoms with Gasteiger partial charge in [-0.3, -0.25) is 4.79 Å². The second kappa shape index (κ2) is 9.41. The van der Waals surface area contributed by atoms with Crippen LogP contribution in [0.25, 0.3) is 10.6 Å². The summed E-state index contributed by atoms with van der Waals surface area (Å²) in [6, 6.07) is 5.86. The van der Waals surface area contributed by atoms with Gasteiger partial charge >= 0.3 is 5.97 Å². The van der Waals surface area contributed by atoms with Crippen LogP contribution < -0.4 is 5.32 Å². The predicted molar refractivity (Wildman–Crippen MR) is 102 cm³/mol. The van der Waals surface area contributed by atoms with Crippen molar-refractivity contribution in [2.24, 2.45) is 0 Å². The van der Waals surface area contributed by atoms with Gasteiger partial charge in [0.2, 0.25) is 0 Å².